The molecule has 2 amide bonds. The van der Waals surface area contributed by atoms with Crippen molar-refractivity contribution in [3.05, 3.63) is 35.6 Å². The predicted octanol–water partition coefficient (Wildman–Crippen LogP) is 2.69. The van der Waals surface area contributed by atoms with Crippen LogP contribution in [0.25, 0.3) is 0 Å². The van der Waals surface area contributed by atoms with Gasteiger partial charge in [-0.15, -0.1) is 0 Å². The number of hydrogen-bond donors (Lipinski definition) is 3. The number of urea groups is 1. The summed E-state index contributed by atoms with van der Waals surface area (Å²) in [5.74, 6) is -1.56. The Morgan fingerprint density at radius 3 is 2.43 bits per heavy atom. The van der Waals surface area contributed by atoms with Crippen molar-refractivity contribution in [1.82, 2.24) is 10.6 Å². The Labute approximate surface area is 123 Å². The van der Waals surface area contributed by atoms with Crippen molar-refractivity contribution in [3.63, 3.8) is 0 Å². The second kappa shape index (κ2) is 8.24. The fourth-order valence-electron chi connectivity index (χ4n) is 1.82. The van der Waals surface area contributed by atoms with Crippen LogP contribution in [0, 0.1) is 11.7 Å². The number of rotatable bonds is 7. The summed E-state index contributed by atoms with van der Waals surface area (Å²) in [4.78, 5) is 22.3. The Hall–Kier alpha value is -2.11. The number of hydrogen-bond acceptors (Lipinski definition) is 2. The first-order chi connectivity index (χ1) is 9.90. The number of amides is 2. The van der Waals surface area contributed by atoms with E-state index in [1.165, 1.54) is 12.1 Å². The summed E-state index contributed by atoms with van der Waals surface area (Å²) in [6, 6.07) is 5.37. The first kappa shape index (κ1) is 16.9. The highest BCUT2D eigenvalue weighted by Gasteiger charge is 2.11. The highest BCUT2D eigenvalue weighted by molar-refractivity contribution is 5.74. The fourth-order valence-corrected chi connectivity index (χ4v) is 1.82. The maximum Gasteiger partial charge on any atom is 0.315 e. The zero-order chi connectivity index (χ0) is 15.8. The molecule has 0 spiro atoms. The van der Waals surface area contributed by atoms with Gasteiger partial charge in [0.2, 0.25) is 0 Å². The van der Waals surface area contributed by atoms with E-state index in [2.05, 4.69) is 10.6 Å². The predicted molar refractivity (Wildman–Crippen MR) is 77.4 cm³/mol. The van der Waals surface area contributed by atoms with Crippen LogP contribution in [0.15, 0.2) is 24.3 Å². The van der Waals surface area contributed by atoms with E-state index in [0.29, 0.717) is 19.4 Å². The van der Waals surface area contributed by atoms with E-state index < -0.39 is 11.9 Å². The standard InChI is InChI=1S/C15H21FN2O3/c1-10(14(19)20)4-3-9-17-15(21)18-11(2)12-5-7-13(16)8-6-12/h5-8,10-11H,3-4,9H2,1-2H3,(H,19,20)(H2,17,18,21). The van der Waals surface area contributed by atoms with E-state index in [-0.39, 0.29) is 17.9 Å². The van der Waals surface area contributed by atoms with Gasteiger partial charge in [0.25, 0.3) is 0 Å². The Morgan fingerprint density at radius 1 is 1.24 bits per heavy atom. The molecule has 0 radical (unpaired) electrons. The lowest BCUT2D eigenvalue weighted by atomic mass is 10.1. The second-order valence-corrected chi connectivity index (χ2v) is 5.05. The summed E-state index contributed by atoms with van der Waals surface area (Å²) in [7, 11) is 0. The average Bonchev–Trinajstić information content (AvgIpc) is 2.43. The molecule has 0 saturated carbocycles. The first-order valence-corrected chi connectivity index (χ1v) is 6.92. The quantitative estimate of drug-likeness (QED) is 0.677. The Kier molecular flexibility index (Phi) is 6.65. The molecular weight excluding hydrogens is 275 g/mol. The van der Waals surface area contributed by atoms with Gasteiger partial charge in [0.1, 0.15) is 5.82 Å². The molecule has 2 atom stereocenters. The smallest absolute Gasteiger partial charge is 0.315 e. The summed E-state index contributed by atoms with van der Waals surface area (Å²) < 4.78 is 12.8. The van der Waals surface area contributed by atoms with Gasteiger partial charge in [0.05, 0.1) is 12.0 Å². The van der Waals surface area contributed by atoms with Crippen molar-refractivity contribution < 1.29 is 19.1 Å². The highest BCUT2D eigenvalue weighted by Crippen LogP contribution is 2.12. The number of benzene rings is 1. The fraction of sp³-hybridized carbons (Fsp3) is 0.467. The van der Waals surface area contributed by atoms with Crippen molar-refractivity contribution in [3.8, 4) is 0 Å². The van der Waals surface area contributed by atoms with Crippen LogP contribution in [0.5, 0.6) is 0 Å². The normalized spacial score (nSPS) is 13.3. The summed E-state index contributed by atoms with van der Waals surface area (Å²) in [6.45, 7) is 3.86. The van der Waals surface area contributed by atoms with Gasteiger partial charge in [-0.3, -0.25) is 4.79 Å². The van der Waals surface area contributed by atoms with Crippen LogP contribution in [0.3, 0.4) is 0 Å². The monoisotopic (exact) mass is 296 g/mol. The minimum atomic E-state index is -0.829. The SMILES string of the molecule is CC(CCCNC(=O)NC(C)c1ccc(F)cc1)C(=O)O. The van der Waals surface area contributed by atoms with Gasteiger partial charge in [-0.25, -0.2) is 9.18 Å². The summed E-state index contributed by atoms with van der Waals surface area (Å²) in [5, 5.41) is 14.1. The van der Waals surface area contributed by atoms with E-state index >= 15 is 0 Å². The second-order valence-electron chi connectivity index (χ2n) is 5.05. The zero-order valence-electron chi connectivity index (χ0n) is 12.2. The van der Waals surface area contributed by atoms with Crippen LogP contribution < -0.4 is 10.6 Å². The van der Waals surface area contributed by atoms with Gasteiger partial charge in [-0.05, 0) is 37.5 Å². The Bertz CT molecular complexity index is 476. The molecule has 0 heterocycles. The summed E-state index contributed by atoms with van der Waals surface area (Å²) in [5.41, 5.74) is 0.811. The van der Waals surface area contributed by atoms with E-state index in [1.54, 1.807) is 26.0 Å². The molecule has 1 rings (SSSR count). The van der Waals surface area contributed by atoms with Gasteiger partial charge < -0.3 is 15.7 Å². The molecule has 0 fully saturated rings. The molecule has 0 saturated heterocycles. The molecule has 0 aliphatic heterocycles. The molecule has 21 heavy (non-hydrogen) atoms. The third-order valence-electron chi connectivity index (χ3n) is 3.24. The number of aliphatic carboxylic acids is 1. The molecule has 0 aliphatic carbocycles. The molecule has 0 bridgehead atoms. The number of carboxylic acid groups (broad SMARTS) is 1. The molecule has 1 aromatic carbocycles. The third-order valence-corrected chi connectivity index (χ3v) is 3.24. The molecule has 6 heteroatoms. The van der Waals surface area contributed by atoms with Crippen molar-refractivity contribution in [1.29, 1.82) is 0 Å². The van der Waals surface area contributed by atoms with Crippen molar-refractivity contribution in [2.45, 2.75) is 32.7 Å². The minimum absolute atomic E-state index is 0.233. The van der Waals surface area contributed by atoms with E-state index in [0.717, 1.165) is 5.56 Å². The number of carbonyl (C=O) groups excluding carboxylic acids is 1. The van der Waals surface area contributed by atoms with Gasteiger partial charge in [-0.2, -0.15) is 0 Å². The van der Waals surface area contributed by atoms with Gasteiger partial charge in [0, 0.05) is 6.54 Å². The summed E-state index contributed by atoms with van der Waals surface area (Å²) >= 11 is 0. The number of nitrogens with one attached hydrogen (secondary N) is 2. The number of carboxylic acids is 1. The molecule has 116 valence electrons. The Morgan fingerprint density at radius 2 is 1.86 bits per heavy atom. The number of carbonyl (C=O) groups is 2. The largest absolute Gasteiger partial charge is 0.481 e. The topological polar surface area (TPSA) is 78.4 Å². The molecule has 1 aromatic rings. The van der Waals surface area contributed by atoms with Gasteiger partial charge in [0.15, 0.2) is 0 Å². The van der Waals surface area contributed by atoms with Crippen molar-refractivity contribution in [2.75, 3.05) is 6.54 Å². The molecular formula is C15H21FN2O3. The minimum Gasteiger partial charge on any atom is -0.481 e. The molecule has 0 aliphatic rings. The van der Waals surface area contributed by atoms with Crippen molar-refractivity contribution in [2.24, 2.45) is 5.92 Å². The maximum atomic E-state index is 12.8. The van der Waals surface area contributed by atoms with Gasteiger partial charge in [-0.1, -0.05) is 19.1 Å². The van der Waals surface area contributed by atoms with E-state index in [9.17, 15) is 14.0 Å². The lowest BCUT2D eigenvalue weighted by molar-refractivity contribution is -0.141. The maximum absolute atomic E-state index is 12.8. The van der Waals surface area contributed by atoms with Crippen LogP contribution >= 0.6 is 0 Å². The lowest BCUT2D eigenvalue weighted by Gasteiger charge is -2.15. The highest BCUT2D eigenvalue weighted by atomic mass is 19.1. The van der Waals surface area contributed by atoms with Crippen LogP contribution in [-0.4, -0.2) is 23.7 Å². The number of halogens is 1. The van der Waals surface area contributed by atoms with Crippen LogP contribution in [0.4, 0.5) is 9.18 Å². The van der Waals surface area contributed by atoms with Gasteiger partial charge >= 0.3 is 12.0 Å². The zero-order valence-corrected chi connectivity index (χ0v) is 12.2. The van der Waals surface area contributed by atoms with Crippen LogP contribution in [-0.2, 0) is 4.79 Å². The van der Waals surface area contributed by atoms with E-state index in [4.69, 9.17) is 5.11 Å². The summed E-state index contributed by atoms with van der Waals surface area (Å²) in [6.07, 6.45) is 1.12. The first-order valence-electron chi connectivity index (χ1n) is 6.92. The molecule has 2 unspecified atom stereocenters. The average molecular weight is 296 g/mol. The molecule has 3 N–H and O–H groups in total. The van der Waals surface area contributed by atoms with Crippen LogP contribution in [0.1, 0.15) is 38.3 Å². The third kappa shape index (κ3) is 6.25. The molecule has 5 nitrogen and oxygen atoms in total. The Balaban J connectivity index is 2.27. The molecule has 0 aromatic heterocycles. The van der Waals surface area contributed by atoms with Crippen LogP contribution in [0.2, 0.25) is 0 Å². The van der Waals surface area contributed by atoms with Crippen molar-refractivity contribution >= 4 is 12.0 Å². The lowest BCUT2D eigenvalue weighted by Crippen LogP contribution is -2.37. The van der Waals surface area contributed by atoms with E-state index in [1.807, 2.05) is 0 Å².